The monoisotopic (exact) mass is 635 g/mol. The zero-order valence-corrected chi connectivity index (χ0v) is 25.1. The molecule has 0 unspecified atom stereocenters. The van der Waals surface area contributed by atoms with Gasteiger partial charge in [0.05, 0.1) is 24.1 Å². The molecule has 2 aliphatic heterocycles. The van der Waals surface area contributed by atoms with Crippen LogP contribution in [-0.2, 0) is 4.79 Å². The van der Waals surface area contributed by atoms with Crippen molar-refractivity contribution in [2.75, 3.05) is 44.7 Å². The topological polar surface area (TPSA) is 98.5 Å². The first kappa shape index (κ1) is 30.6. The number of nitrogens with zero attached hydrogens (tertiary/aromatic N) is 7. The Morgan fingerprint density at radius 2 is 2.04 bits per heavy atom. The molecule has 2 saturated heterocycles. The highest BCUT2D eigenvalue weighted by atomic mass is 35.5. The lowest BCUT2D eigenvalue weighted by molar-refractivity contribution is -0.128. The van der Waals surface area contributed by atoms with Gasteiger partial charge >= 0.3 is 6.01 Å². The number of benzene rings is 2. The first-order chi connectivity index (χ1) is 21.7. The fourth-order valence-corrected chi connectivity index (χ4v) is 6.49. The van der Waals surface area contributed by atoms with Crippen LogP contribution in [0.4, 0.5) is 19.0 Å². The normalized spacial score (nSPS) is 20.5. The number of anilines is 1. The SMILES string of the molecule is C=CC(=O)N1CCN(c2nc(OC[C@@H]3C[C@@H](F)CN3C)nc3c(F)c(-c4cncc5cccc(Cl)c45)c(F)cc23)C[C@@H]1CC#N. The van der Waals surface area contributed by atoms with Crippen LogP contribution in [0.25, 0.3) is 32.8 Å². The number of rotatable bonds is 7. The summed E-state index contributed by atoms with van der Waals surface area (Å²) < 4.78 is 52.6. The Morgan fingerprint density at radius 3 is 2.78 bits per heavy atom. The number of likely N-dealkylation sites (tertiary alicyclic amines) is 1. The van der Waals surface area contributed by atoms with E-state index in [4.69, 9.17) is 16.3 Å². The Kier molecular flexibility index (Phi) is 8.48. The van der Waals surface area contributed by atoms with Gasteiger partial charge in [0.2, 0.25) is 5.91 Å². The molecule has 6 rings (SSSR count). The Bertz CT molecular complexity index is 1850. The number of nitriles is 1. The molecule has 0 spiro atoms. The van der Waals surface area contributed by atoms with Crippen LogP contribution in [0.3, 0.4) is 0 Å². The number of aromatic nitrogens is 3. The first-order valence-corrected chi connectivity index (χ1v) is 14.8. The Hall–Kier alpha value is -4.47. The van der Waals surface area contributed by atoms with Crippen molar-refractivity contribution in [1.82, 2.24) is 24.8 Å². The second kappa shape index (κ2) is 12.5. The third-order valence-corrected chi connectivity index (χ3v) is 8.77. The predicted molar refractivity (Wildman–Crippen MR) is 165 cm³/mol. The highest BCUT2D eigenvalue weighted by Crippen LogP contribution is 2.40. The van der Waals surface area contributed by atoms with Gasteiger partial charge in [-0.2, -0.15) is 15.2 Å². The van der Waals surface area contributed by atoms with E-state index in [-0.39, 0.29) is 91.4 Å². The minimum atomic E-state index is -0.993. The Labute approximate surface area is 262 Å². The van der Waals surface area contributed by atoms with Gasteiger partial charge in [-0.1, -0.05) is 30.3 Å². The maximum absolute atomic E-state index is 16.6. The molecular weight excluding hydrogens is 607 g/mol. The van der Waals surface area contributed by atoms with E-state index in [1.54, 1.807) is 41.2 Å². The molecule has 3 atom stereocenters. The molecule has 0 saturated carbocycles. The molecule has 232 valence electrons. The average molecular weight is 636 g/mol. The number of halogens is 4. The third kappa shape index (κ3) is 5.74. The van der Waals surface area contributed by atoms with Crippen molar-refractivity contribution in [2.24, 2.45) is 0 Å². The second-order valence-electron chi connectivity index (χ2n) is 11.2. The molecule has 2 aliphatic rings. The van der Waals surface area contributed by atoms with Crippen LogP contribution in [0.5, 0.6) is 6.01 Å². The number of pyridine rings is 1. The van der Waals surface area contributed by atoms with Crippen molar-refractivity contribution in [3.8, 4) is 23.2 Å². The summed E-state index contributed by atoms with van der Waals surface area (Å²) in [5.74, 6) is -1.96. The van der Waals surface area contributed by atoms with E-state index in [0.29, 0.717) is 15.8 Å². The summed E-state index contributed by atoms with van der Waals surface area (Å²) in [4.78, 5) is 30.8. The standard InChI is InChI=1S/C32H29ClF3N7O2/c1-3-26(44)43-10-9-42(16-20(43)7-8-37)31-22-12-25(35)28(23-14-38-13-18-5-4-6-24(33)27(18)23)29(36)30(22)39-32(40-31)45-17-21-11-19(34)15-41(21)2/h3-6,12-14,19-21H,1,7,9-11,15-17H2,2H3/t19-,20+,21+/m1/s1. The van der Waals surface area contributed by atoms with E-state index in [9.17, 15) is 14.4 Å². The number of fused-ring (bicyclic) bond motifs is 2. The van der Waals surface area contributed by atoms with E-state index in [1.165, 1.54) is 18.3 Å². The third-order valence-electron chi connectivity index (χ3n) is 8.45. The lowest BCUT2D eigenvalue weighted by Crippen LogP contribution is -2.55. The van der Waals surface area contributed by atoms with Gasteiger partial charge in [0, 0.05) is 71.4 Å². The van der Waals surface area contributed by atoms with Crippen LogP contribution in [0.15, 0.2) is 49.3 Å². The van der Waals surface area contributed by atoms with E-state index < -0.39 is 23.8 Å². The van der Waals surface area contributed by atoms with E-state index in [2.05, 4.69) is 27.6 Å². The highest BCUT2D eigenvalue weighted by Gasteiger charge is 2.33. The van der Waals surface area contributed by atoms with Gasteiger partial charge in [-0.25, -0.2) is 13.2 Å². The molecule has 2 aromatic carbocycles. The quantitative estimate of drug-likeness (QED) is 0.252. The molecule has 13 heteroatoms. The van der Waals surface area contributed by atoms with Crippen molar-refractivity contribution in [1.29, 1.82) is 5.26 Å². The summed E-state index contributed by atoms with van der Waals surface area (Å²) in [6.07, 6.45) is 3.41. The predicted octanol–water partition coefficient (Wildman–Crippen LogP) is 5.31. The molecule has 2 aromatic heterocycles. The Balaban J connectivity index is 1.49. The number of amides is 1. The number of likely N-dealkylation sites (N-methyl/N-ethyl adjacent to an activating group) is 1. The largest absolute Gasteiger partial charge is 0.462 e. The summed E-state index contributed by atoms with van der Waals surface area (Å²) in [6.45, 7) is 4.53. The number of carbonyl (C=O) groups excluding carboxylic acids is 1. The van der Waals surface area contributed by atoms with Crippen molar-refractivity contribution < 1.29 is 22.7 Å². The summed E-state index contributed by atoms with van der Waals surface area (Å²) in [6, 6.07) is 7.45. The van der Waals surface area contributed by atoms with E-state index in [1.807, 2.05) is 4.90 Å². The summed E-state index contributed by atoms with van der Waals surface area (Å²) >= 11 is 6.48. The number of carbonyl (C=O) groups is 1. The number of piperazine rings is 1. The van der Waals surface area contributed by atoms with Crippen LogP contribution in [0.1, 0.15) is 12.8 Å². The number of alkyl halides is 1. The second-order valence-corrected chi connectivity index (χ2v) is 11.6. The summed E-state index contributed by atoms with van der Waals surface area (Å²) in [5, 5.41) is 10.9. The van der Waals surface area contributed by atoms with Crippen molar-refractivity contribution in [3.05, 3.63) is 66.0 Å². The van der Waals surface area contributed by atoms with Gasteiger partial charge in [0.25, 0.3) is 0 Å². The van der Waals surface area contributed by atoms with Crippen LogP contribution in [0, 0.1) is 23.0 Å². The van der Waals surface area contributed by atoms with Crippen molar-refractivity contribution >= 4 is 45.0 Å². The fraction of sp³-hybridized carbons (Fsp3) is 0.344. The number of ether oxygens (including phenoxy) is 1. The number of hydrogen-bond donors (Lipinski definition) is 0. The number of hydrogen-bond acceptors (Lipinski definition) is 8. The van der Waals surface area contributed by atoms with Crippen LogP contribution in [0.2, 0.25) is 5.02 Å². The van der Waals surface area contributed by atoms with Crippen LogP contribution >= 0.6 is 11.6 Å². The van der Waals surface area contributed by atoms with Gasteiger partial charge in [-0.05, 0) is 31.7 Å². The molecule has 9 nitrogen and oxygen atoms in total. The minimum absolute atomic E-state index is 0.0303. The van der Waals surface area contributed by atoms with Crippen molar-refractivity contribution in [2.45, 2.75) is 31.1 Å². The zero-order valence-electron chi connectivity index (χ0n) is 24.4. The van der Waals surface area contributed by atoms with Gasteiger partial charge in [0.15, 0.2) is 5.82 Å². The zero-order chi connectivity index (χ0) is 31.8. The fourth-order valence-electron chi connectivity index (χ4n) is 6.20. The van der Waals surface area contributed by atoms with Gasteiger partial charge in [-0.3, -0.25) is 14.7 Å². The molecule has 2 fully saturated rings. The molecule has 45 heavy (non-hydrogen) atoms. The summed E-state index contributed by atoms with van der Waals surface area (Å²) in [5.41, 5.74) is -0.395. The Morgan fingerprint density at radius 1 is 1.22 bits per heavy atom. The molecule has 0 bridgehead atoms. The maximum atomic E-state index is 16.6. The average Bonchev–Trinajstić information content (AvgIpc) is 3.36. The lowest BCUT2D eigenvalue weighted by atomic mass is 9.98. The highest BCUT2D eigenvalue weighted by molar-refractivity contribution is 6.36. The molecule has 4 aromatic rings. The van der Waals surface area contributed by atoms with E-state index in [0.717, 1.165) is 0 Å². The van der Waals surface area contributed by atoms with Gasteiger partial charge < -0.3 is 14.5 Å². The van der Waals surface area contributed by atoms with E-state index >= 15 is 8.78 Å². The summed E-state index contributed by atoms with van der Waals surface area (Å²) in [7, 11) is 1.79. The molecule has 1 amide bonds. The molecule has 4 heterocycles. The first-order valence-electron chi connectivity index (χ1n) is 14.4. The maximum Gasteiger partial charge on any atom is 0.319 e. The molecular formula is C32H29ClF3N7O2. The van der Waals surface area contributed by atoms with Gasteiger partial charge in [0.1, 0.15) is 29.9 Å². The molecule has 0 radical (unpaired) electrons. The van der Waals surface area contributed by atoms with Crippen molar-refractivity contribution in [3.63, 3.8) is 0 Å². The van der Waals surface area contributed by atoms with Crippen LogP contribution < -0.4 is 9.64 Å². The molecule has 0 aliphatic carbocycles. The smallest absolute Gasteiger partial charge is 0.319 e. The van der Waals surface area contributed by atoms with Gasteiger partial charge in [-0.15, -0.1) is 0 Å². The van der Waals surface area contributed by atoms with Crippen LogP contribution in [-0.4, -0.2) is 88.7 Å². The lowest BCUT2D eigenvalue weighted by Gasteiger charge is -2.41. The minimum Gasteiger partial charge on any atom is -0.462 e. The molecule has 0 N–H and O–H groups in total.